The normalized spacial score (nSPS) is 27.2. The van der Waals surface area contributed by atoms with E-state index < -0.39 is 0 Å². The first-order valence-corrected chi connectivity index (χ1v) is 10.4. The van der Waals surface area contributed by atoms with E-state index in [0.717, 1.165) is 44.8 Å². The van der Waals surface area contributed by atoms with Crippen LogP contribution in [0.2, 0.25) is 0 Å². The Morgan fingerprint density at radius 3 is 2.32 bits per heavy atom. The van der Waals surface area contributed by atoms with Gasteiger partial charge >= 0.3 is 0 Å². The molecule has 3 rings (SSSR count). The van der Waals surface area contributed by atoms with Crippen molar-refractivity contribution in [2.45, 2.75) is 70.8 Å². The molecule has 5 nitrogen and oxygen atoms in total. The van der Waals surface area contributed by atoms with Gasteiger partial charge in [-0.05, 0) is 51.0 Å². The van der Waals surface area contributed by atoms with Crippen molar-refractivity contribution in [2.75, 3.05) is 32.7 Å². The van der Waals surface area contributed by atoms with E-state index in [4.69, 9.17) is 0 Å². The molecule has 2 aliphatic heterocycles. The third kappa shape index (κ3) is 5.44. The van der Waals surface area contributed by atoms with E-state index in [1.165, 1.54) is 51.6 Å². The molecule has 25 heavy (non-hydrogen) atoms. The molecule has 0 aromatic carbocycles. The number of piperidine rings is 2. The van der Waals surface area contributed by atoms with Crippen molar-refractivity contribution in [2.24, 2.45) is 11.8 Å². The van der Waals surface area contributed by atoms with Crippen molar-refractivity contribution in [3.63, 3.8) is 0 Å². The highest BCUT2D eigenvalue weighted by atomic mass is 16.2. The van der Waals surface area contributed by atoms with Gasteiger partial charge in [0, 0.05) is 45.1 Å². The lowest BCUT2D eigenvalue weighted by molar-refractivity contribution is -0.134. The SMILES string of the molecule is CC(=O)N1CCC(C(=O)NC2CCCN(CC3CCCCC3)C2)CC1. The van der Waals surface area contributed by atoms with Crippen molar-refractivity contribution >= 4 is 11.8 Å². The van der Waals surface area contributed by atoms with E-state index in [-0.39, 0.29) is 17.7 Å². The average Bonchev–Trinajstić information content (AvgIpc) is 2.63. The molecule has 1 N–H and O–H groups in total. The van der Waals surface area contributed by atoms with Gasteiger partial charge in [0.25, 0.3) is 0 Å². The topological polar surface area (TPSA) is 52.7 Å². The molecule has 2 amide bonds. The van der Waals surface area contributed by atoms with Crippen LogP contribution in [0.3, 0.4) is 0 Å². The van der Waals surface area contributed by atoms with Crippen molar-refractivity contribution in [3.8, 4) is 0 Å². The monoisotopic (exact) mass is 349 g/mol. The van der Waals surface area contributed by atoms with E-state index in [1.807, 2.05) is 4.90 Å². The first kappa shape index (κ1) is 18.7. The largest absolute Gasteiger partial charge is 0.352 e. The number of hydrogen-bond donors (Lipinski definition) is 1. The highest BCUT2D eigenvalue weighted by molar-refractivity contribution is 5.79. The lowest BCUT2D eigenvalue weighted by atomic mass is 9.88. The van der Waals surface area contributed by atoms with Crippen LogP contribution in [-0.2, 0) is 9.59 Å². The van der Waals surface area contributed by atoms with E-state index in [0.29, 0.717) is 6.04 Å². The lowest BCUT2D eigenvalue weighted by Gasteiger charge is -2.37. The van der Waals surface area contributed by atoms with Crippen molar-refractivity contribution in [1.82, 2.24) is 15.1 Å². The zero-order valence-electron chi connectivity index (χ0n) is 15.8. The van der Waals surface area contributed by atoms with E-state index in [9.17, 15) is 9.59 Å². The molecule has 0 spiro atoms. The summed E-state index contributed by atoms with van der Waals surface area (Å²) in [5.41, 5.74) is 0. The van der Waals surface area contributed by atoms with Crippen LogP contribution in [0.5, 0.6) is 0 Å². The van der Waals surface area contributed by atoms with Gasteiger partial charge in [-0.3, -0.25) is 9.59 Å². The van der Waals surface area contributed by atoms with E-state index in [2.05, 4.69) is 10.2 Å². The van der Waals surface area contributed by atoms with E-state index in [1.54, 1.807) is 6.92 Å². The Bertz CT molecular complexity index is 454. The molecule has 142 valence electrons. The molecular weight excluding hydrogens is 314 g/mol. The summed E-state index contributed by atoms with van der Waals surface area (Å²) in [5.74, 6) is 1.31. The smallest absolute Gasteiger partial charge is 0.223 e. The summed E-state index contributed by atoms with van der Waals surface area (Å²) < 4.78 is 0. The molecule has 5 heteroatoms. The summed E-state index contributed by atoms with van der Waals surface area (Å²) in [6.45, 7) is 6.51. The van der Waals surface area contributed by atoms with Crippen molar-refractivity contribution in [3.05, 3.63) is 0 Å². The number of amides is 2. The molecule has 2 heterocycles. The standard InChI is InChI=1S/C20H35N3O2/c1-16(24)23-12-9-18(10-13-23)20(25)21-19-8-5-11-22(15-19)14-17-6-3-2-4-7-17/h17-19H,2-15H2,1H3,(H,21,25). The van der Waals surface area contributed by atoms with Gasteiger partial charge in [-0.1, -0.05) is 19.3 Å². The Morgan fingerprint density at radius 1 is 0.920 bits per heavy atom. The summed E-state index contributed by atoms with van der Waals surface area (Å²) >= 11 is 0. The number of carbonyl (C=O) groups is 2. The second kappa shape index (κ2) is 9.02. The molecule has 0 radical (unpaired) electrons. The maximum Gasteiger partial charge on any atom is 0.223 e. The van der Waals surface area contributed by atoms with Crippen LogP contribution < -0.4 is 5.32 Å². The second-order valence-electron chi connectivity index (χ2n) is 8.39. The summed E-state index contributed by atoms with van der Waals surface area (Å²) in [4.78, 5) is 28.5. The molecule has 3 aliphatic rings. The van der Waals surface area contributed by atoms with Crippen LogP contribution >= 0.6 is 0 Å². The number of nitrogens with zero attached hydrogens (tertiary/aromatic N) is 2. The quantitative estimate of drug-likeness (QED) is 0.848. The predicted octanol–water partition coefficient (Wildman–Crippen LogP) is 2.41. The molecule has 1 aliphatic carbocycles. The van der Waals surface area contributed by atoms with Gasteiger partial charge < -0.3 is 15.1 Å². The second-order valence-corrected chi connectivity index (χ2v) is 8.39. The molecule has 0 aromatic rings. The van der Waals surface area contributed by atoms with Crippen molar-refractivity contribution in [1.29, 1.82) is 0 Å². The zero-order chi connectivity index (χ0) is 17.6. The molecule has 1 unspecified atom stereocenters. The van der Waals surface area contributed by atoms with Crippen LogP contribution in [0, 0.1) is 11.8 Å². The lowest BCUT2D eigenvalue weighted by Crippen LogP contribution is -2.51. The third-order valence-electron chi connectivity index (χ3n) is 6.40. The van der Waals surface area contributed by atoms with Crippen LogP contribution in [0.25, 0.3) is 0 Å². The van der Waals surface area contributed by atoms with Gasteiger partial charge in [0.15, 0.2) is 0 Å². The maximum atomic E-state index is 12.6. The number of rotatable bonds is 4. The van der Waals surface area contributed by atoms with E-state index >= 15 is 0 Å². The molecule has 0 aromatic heterocycles. The summed E-state index contributed by atoms with van der Waals surface area (Å²) in [6.07, 6.45) is 10.9. The highest BCUT2D eigenvalue weighted by Crippen LogP contribution is 2.25. The number of nitrogens with one attached hydrogen (secondary N) is 1. The van der Waals surface area contributed by atoms with Crippen LogP contribution in [0.15, 0.2) is 0 Å². The van der Waals surface area contributed by atoms with Gasteiger partial charge in [0.05, 0.1) is 0 Å². The Hall–Kier alpha value is -1.10. The van der Waals surface area contributed by atoms with Crippen molar-refractivity contribution < 1.29 is 9.59 Å². The summed E-state index contributed by atoms with van der Waals surface area (Å²) in [7, 11) is 0. The molecule has 1 saturated carbocycles. The van der Waals surface area contributed by atoms with Gasteiger partial charge in [0.2, 0.25) is 11.8 Å². The third-order valence-corrected chi connectivity index (χ3v) is 6.40. The fourth-order valence-electron chi connectivity index (χ4n) is 4.85. The minimum Gasteiger partial charge on any atom is -0.352 e. The Morgan fingerprint density at radius 2 is 1.64 bits per heavy atom. The van der Waals surface area contributed by atoms with Gasteiger partial charge in [0.1, 0.15) is 0 Å². The first-order valence-electron chi connectivity index (χ1n) is 10.4. The molecule has 1 atom stereocenters. The summed E-state index contributed by atoms with van der Waals surface area (Å²) in [5, 5.41) is 3.32. The zero-order valence-corrected chi connectivity index (χ0v) is 15.8. The van der Waals surface area contributed by atoms with Crippen LogP contribution in [0.1, 0.15) is 64.7 Å². The molecular formula is C20H35N3O2. The predicted molar refractivity (Wildman–Crippen MR) is 99.2 cm³/mol. The summed E-state index contributed by atoms with van der Waals surface area (Å²) in [6, 6.07) is 0.315. The minimum absolute atomic E-state index is 0.0873. The van der Waals surface area contributed by atoms with Gasteiger partial charge in [-0.2, -0.15) is 0 Å². The Kier molecular flexibility index (Phi) is 6.74. The number of carbonyl (C=O) groups excluding carboxylic acids is 2. The Labute approximate surface area is 152 Å². The molecule has 0 bridgehead atoms. The first-order chi connectivity index (χ1) is 12.1. The average molecular weight is 350 g/mol. The highest BCUT2D eigenvalue weighted by Gasteiger charge is 2.29. The fraction of sp³-hybridized carbons (Fsp3) is 0.900. The molecule has 3 fully saturated rings. The van der Waals surface area contributed by atoms with Crippen LogP contribution in [0.4, 0.5) is 0 Å². The van der Waals surface area contributed by atoms with Gasteiger partial charge in [-0.25, -0.2) is 0 Å². The Balaban J connectivity index is 1.41. The molecule has 2 saturated heterocycles. The number of hydrogen-bond acceptors (Lipinski definition) is 3. The maximum absolute atomic E-state index is 12.6. The van der Waals surface area contributed by atoms with Crippen LogP contribution in [-0.4, -0.2) is 60.4 Å². The minimum atomic E-state index is 0.0873. The van der Waals surface area contributed by atoms with Gasteiger partial charge in [-0.15, -0.1) is 0 Å². The fourth-order valence-corrected chi connectivity index (χ4v) is 4.85. The number of likely N-dealkylation sites (tertiary alicyclic amines) is 2.